The molecule has 1 amide bonds. The van der Waals surface area contributed by atoms with Gasteiger partial charge >= 0.3 is 0 Å². The Kier molecular flexibility index (Phi) is 5.54. The van der Waals surface area contributed by atoms with Gasteiger partial charge in [0, 0.05) is 45.3 Å². The first-order chi connectivity index (χ1) is 15.9. The molecule has 5 rings (SSSR count). The number of carbonyl (C=O) groups excluding carboxylic acids is 1. The second-order valence-electron chi connectivity index (χ2n) is 8.05. The van der Waals surface area contributed by atoms with Gasteiger partial charge in [-0.15, -0.1) is 10.2 Å². The Hall–Kier alpha value is -3.38. The number of sulfonamides is 1. The van der Waals surface area contributed by atoms with Crippen molar-refractivity contribution >= 4 is 27.4 Å². The third-order valence-corrected chi connectivity index (χ3v) is 7.93. The van der Waals surface area contributed by atoms with Crippen LogP contribution >= 0.6 is 0 Å². The third kappa shape index (κ3) is 4.07. The second kappa shape index (κ2) is 8.52. The number of piperazine rings is 1. The summed E-state index contributed by atoms with van der Waals surface area (Å²) in [5.41, 5.74) is 1.71. The van der Waals surface area contributed by atoms with Crippen molar-refractivity contribution in [1.82, 2.24) is 29.3 Å². The van der Waals surface area contributed by atoms with Crippen LogP contribution in [0.1, 0.15) is 18.9 Å². The fraction of sp³-hybridized carbons (Fsp3) is 0.381. The SMILES string of the molecule is CC(=O)N1CCCc2cc(S(=O)(=O)N3CCN(c4ccc(-n5cncn5)nn4)CC3)ccc21. The van der Waals surface area contributed by atoms with Crippen LogP contribution in [-0.4, -0.2) is 76.3 Å². The number of aromatic nitrogens is 5. The van der Waals surface area contributed by atoms with Gasteiger partial charge in [0.15, 0.2) is 11.6 Å². The first-order valence-electron chi connectivity index (χ1n) is 10.8. The van der Waals surface area contributed by atoms with E-state index in [4.69, 9.17) is 0 Å². The maximum Gasteiger partial charge on any atom is 0.243 e. The summed E-state index contributed by atoms with van der Waals surface area (Å²) in [5.74, 6) is 1.22. The highest BCUT2D eigenvalue weighted by Crippen LogP contribution is 2.31. The lowest BCUT2D eigenvalue weighted by Gasteiger charge is -2.35. The zero-order valence-corrected chi connectivity index (χ0v) is 19.0. The zero-order valence-electron chi connectivity index (χ0n) is 18.2. The van der Waals surface area contributed by atoms with Gasteiger partial charge in [-0.3, -0.25) is 4.79 Å². The monoisotopic (exact) mass is 468 g/mol. The Morgan fingerprint density at radius 2 is 1.73 bits per heavy atom. The maximum atomic E-state index is 13.3. The molecule has 0 aliphatic carbocycles. The predicted octanol–water partition coefficient (Wildman–Crippen LogP) is 0.867. The fourth-order valence-electron chi connectivity index (χ4n) is 4.30. The van der Waals surface area contributed by atoms with Gasteiger partial charge < -0.3 is 9.80 Å². The molecule has 0 N–H and O–H groups in total. The number of hydrogen-bond acceptors (Lipinski definition) is 8. The van der Waals surface area contributed by atoms with Crippen LogP contribution in [0.4, 0.5) is 11.5 Å². The van der Waals surface area contributed by atoms with Crippen LogP contribution in [0.5, 0.6) is 0 Å². The molecule has 1 aromatic carbocycles. The van der Waals surface area contributed by atoms with Gasteiger partial charge in [-0.25, -0.2) is 18.1 Å². The molecule has 11 nitrogen and oxygen atoms in total. The lowest BCUT2D eigenvalue weighted by molar-refractivity contribution is -0.116. The number of hydrogen-bond donors (Lipinski definition) is 0. The number of anilines is 2. The van der Waals surface area contributed by atoms with E-state index < -0.39 is 10.0 Å². The summed E-state index contributed by atoms with van der Waals surface area (Å²) in [4.78, 5) is 19.8. The van der Waals surface area contributed by atoms with Crippen molar-refractivity contribution in [2.24, 2.45) is 0 Å². The molecule has 0 radical (unpaired) electrons. The summed E-state index contributed by atoms with van der Waals surface area (Å²) in [5, 5.41) is 12.5. The first kappa shape index (κ1) is 21.5. The van der Waals surface area contributed by atoms with Crippen molar-refractivity contribution in [2.45, 2.75) is 24.7 Å². The lowest BCUT2D eigenvalue weighted by Crippen LogP contribution is -2.49. The van der Waals surface area contributed by atoms with E-state index in [0.717, 1.165) is 24.1 Å². The normalized spacial score (nSPS) is 17.1. The van der Waals surface area contributed by atoms with Crippen molar-refractivity contribution < 1.29 is 13.2 Å². The van der Waals surface area contributed by atoms with E-state index in [0.29, 0.717) is 44.4 Å². The zero-order chi connectivity index (χ0) is 23.0. The van der Waals surface area contributed by atoms with E-state index >= 15 is 0 Å². The van der Waals surface area contributed by atoms with Crippen molar-refractivity contribution in [3.63, 3.8) is 0 Å². The van der Waals surface area contributed by atoms with Gasteiger partial charge in [-0.2, -0.15) is 9.40 Å². The molecule has 33 heavy (non-hydrogen) atoms. The quantitative estimate of drug-likeness (QED) is 0.554. The van der Waals surface area contributed by atoms with E-state index in [9.17, 15) is 13.2 Å². The summed E-state index contributed by atoms with van der Waals surface area (Å²) >= 11 is 0. The number of aryl methyl sites for hydroxylation is 1. The Balaban J connectivity index is 1.28. The van der Waals surface area contributed by atoms with E-state index in [1.54, 1.807) is 35.5 Å². The maximum absolute atomic E-state index is 13.3. The summed E-state index contributed by atoms with van der Waals surface area (Å²) in [7, 11) is -3.63. The van der Waals surface area contributed by atoms with E-state index in [1.807, 2.05) is 11.0 Å². The first-order valence-corrected chi connectivity index (χ1v) is 12.2. The highest BCUT2D eigenvalue weighted by molar-refractivity contribution is 7.89. The number of rotatable bonds is 4. The van der Waals surface area contributed by atoms with Gasteiger partial charge in [0.1, 0.15) is 12.7 Å². The molecule has 2 aromatic heterocycles. The fourth-order valence-corrected chi connectivity index (χ4v) is 5.78. The molecule has 12 heteroatoms. The minimum absolute atomic E-state index is 0.0277. The topological polar surface area (TPSA) is 117 Å². The van der Waals surface area contributed by atoms with Crippen LogP contribution in [0.3, 0.4) is 0 Å². The smallest absolute Gasteiger partial charge is 0.243 e. The van der Waals surface area contributed by atoms with Crippen LogP contribution in [0.15, 0.2) is 47.9 Å². The predicted molar refractivity (Wildman–Crippen MR) is 121 cm³/mol. The Labute approximate surface area is 191 Å². The molecule has 2 aliphatic rings. The molecular weight excluding hydrogens is 444 g/mol. The lowest BCUT2D eigenvalue weighted by atomic mass is 10.0. The molecule has 4 heterocycles. The summed E-state index contributed by atoms with van der Waals surface area (Å²) < 4.78 is 29.6. The second-order valence-corrected chi connectivity index (χ2v) is 9.98. The number of carbonyl (C=O) groups is 1. The van der Waals surface area contributed by atoms with E-state index in [2.05, 4.69) is 20.3 Å². The number of amides is 1. The molecular formula is C21H24N8O3S. The molecule has 0 spiro atoms. The van der Waals surface area contributed by atoms with Crippen LogP contribution in [0, 0.1) is 0 Å². The number of benzene rings is 1. The average Bonchev–Trinajstić information content (AvgIpc) is 3.38. The number of fused-ring (bicyclic) bond motifs is 1. The molecule has 172 valence electrons. The molecule has 3 aromatic rings. The van der Waals surface area contributed by atoms with Crippen molar-refractivity contribution in [3.8, 4) is 5.82 Å². The highest BCUT2D eigenvalue weighted by Gasteiger charge is 2.30. The van der Waals surface area contributed by atoms with Crippen LogP contribution in [0.25, 0.3) is 5.82 Å². The average molecular weight is 469 g/mol. The standard InChI is InChI=1S/C21H24N8O3S/c1-16(30)28-8-2-3-17-13-18(4-5-19(17)28)33(31,32)27-11-9-26(10-12-27)20-6-7-21(25-24-20)29-15-22-14-23-29/h4-7,13-15H,2-3,8-12H2,1H3. The van der Waals surface area contributed by atoms with Crippen LogP contribution in [0.2, 0.25) is 0 Å². The van der Waals surface area contributed by atoms with Crippen LogP contribution in [-0.2, 0) is 21.2 Å². The molecule has 0 saturated carbocycles. The molecule has 2 aliphatic heterocycles. The van der Waals surface area contributed by atoms with Gasteiger partial charge in [0.2, 0.25) is 15.9 Å². The van der Waals surface area contributed by atoms with Crippen molar-refractivity contribution in [3.05, 3.63) is 48.5 Å². The van der Waals surface area contributed by atoms with Gasteiger partial charge in [-0.1, -0.05) is 0 Å². The molecule has 1 saturated heterocycles. The molecule has 0 bridgehead atoms. The Morgan fingerprint density at radius 3 is 2.39 bits per heavy atom. The third-order valence-electron chi connectivity index (χ3n) is 6.04. The summed E-state index contributed by atoms with van der Waals surface area (Å²) in [6, 6.07) is 8.73. The minimum atomic E-state index is -3.63. The van der Waals surface area contributed by atoms with Gasteiger partial charge in [0.05, 0.1) is 4.90 Å². The van der Waals surface area contributed by atoms with Crippen molar-refractivity contribution in [1.29, 1.82) is 0 Å². The number of nitrogens with zero attached hydrogens (tertiary/aromatic N) is 8. The van der Waals surface area contributed by atoms with E-state index in [-0.39, 0.29) is 10.8 Å². The molecule has 0 atom stereocenters. The Bertz CT molecular complexity index is 1250. The van der Waals surface area contributed by atoms with Crippen molar-refractivity contribution in [2.75, 3.05) is 42.5 Å². The minimum Gasteiger partial charge on any atom is -0.352 e. The summed E-state index contributed by atoms with van der Waals surface area (Å²) in [6.07, 6.45) is 4.56. The van der Waals surface area contributed by atoms with Crippen LogP contribution < -0.4 is 9.80 Å². The molecule has 1 fully saturated rings. The Morgan fingerprint density at radius 1 is 0.970 bits per heavy atom. The largest absolute Gasteiger partial charge is 0.352 e. The van der Waals surface area contributed by atoms with E-state index in [1.165, 1.54) is 22.2 Å². The van der Waals surface area contributed by atoms with Gasteiger partial charge in [-0.05, 0) is 48.7 Å². The highest BCUT2D eigenvalue weighted by atomic mass is 32.2. The summed E-state index contributed by atoms with van der Waals surface area (Å²) in [6.45, 7) is 3.93. The van der Waals surface area contributed by atoms with Gasteiger partial charge in [0.25, 0.3) is 0 Å². The molecule has 0 unspecified atom stereocenters.